The molecule has 0 aliphatic heterocycles. The van der Waals surface area contributed by atoms with Gasteiger partial charge in [-0.25, -0.2) is 9.97 Å². The van der Waals surface area contributed by atoms with Gasteiger partial charge in [-0.2, -0.15) is 38.9 Å². The summed E-state index contributed by atoms with van der Waals surface area (Å²) in [4.78, 5) is 20.5. The van der Waals surface area contributed by atoms with E-state index in [-0.39, 0.29) is 86.9 Å². The fourth-order valence-corrected chi connectivity index (χ4v) is 10.3. The predicted octanol–water partition coefficient (Wildman–Crippen LogP) is 9.21. The normalized spacial score (nSPS) is 12.3. The van der Waals surface area contributed by atoms with Gasteiger partial charge < -0.3 is 16.0 Å². The quantitative estimate of drug-likeness (QED) is 0.0353. The van der Waals surface area contributed by atoms with Crippen LogP contribution in [0.2, 0.25) is 0 Å². The molecular weight excluding hydrogens is 1040 g/mol. The lowest BCUT2D eigenvalue weighted by atomic mass is 10.1. The van der Waals surface area contributed by atoms with Crippen LogP contribution in [0.3, 0.4) is 0 Å². The summed E-state index contributed by atoms with van der Waals surface area (Å²) in [5.41, 5.74) is 2.42. The number of anilines is 5. The minimum atomic E-state index is -4.57. The third-order valence-corrected chi connectivity index (χ3v) is 15.6. The van der Waals surface area contributed by atoms with Crippen molar-refractivity contribution < 1.29 is 55.6 Å². The van der Waals surface area contributed by atoms with Gasteiger partial charge in [0.05, 0.1) is 42.4 Å². The van der Waals surface area contributed by atoms with Gasteiger partial charge >= 0.3 is 0 Å². The number of nitrogens with zero attached hydrogens (tertiary/aromatic N) is 7. The van der Waals surface area contributed by atoms with Gasteiger partial charge in [-0.05, 0) is 103 Å². The van der Waals surface area contributed by atoms with Crippen molar-refractivity contribution in [1.29, 1.82) is 5.26 Å². The van der Waals surface area contributed by atoms with E-state index in [2.05, 4.69) is 60.8 Å². The lowest BCUT2D eigenvalue weighted by molar-refractivity contribution is -0.114. The highest BCUT2D eigenvalue weighted by Gasteiger charge is 2.23. The van der Waals surface area contributed by atoms with E-state index in [0.717, 1.165) is 38.7 Å². The number of amides is 1. The summed E-state index contributed by atoms with van der Waals surface area (Å²) >= 11 is 0.939. The smallest absolute Gasteiger partial charge is 0.297 e. The second-order valence-corrected chi connectivity index (χ2v) is 22.5. The van der Waals surface area contributed by atoms with Gasteiger partial charge in [0, 0.05) is 40.5 Å². The van der Waals surface area contributed by atoms with Crippen molar-refractivity contribution in [1.82, 2.24) is 9.97 Å². The number of nitriles is 1. The molecule has 2 aromatic heterocycles. The molecule has 372 valence electrons. The molecule has 0 atom stereocenters. The number of hydrogen-bond acceptors (Lipinski definition) is 22. The van der Waals surface area contributed by atoms with Gasteiger partial charge in [0.15, 0.2) is 16.6 Å². The van der Waals surface area contributed by atoms with Crippen molar-refractivity contribution in [3.05, 3.63) is 120 Å². The number of fused-ring (bicyclic) bond motifs is 1. The second-order valence-electron chi connectivity index (χ2n) is 15.0. The number of azo groups is 2. The number of carbonyl (C=O) groups excluding carboxylic acids is 1. The molecule has 1 amide bonds. The lowest BCUT2D eigenvalue weighted by Gasteiger charge is -2.16. The number of nitrogens with one attached hydrogen (secondary N) is 3. The minimum Gasteiger partial charge on any atom is -0.339 e. The van der Waals surface area contributed by atoms with Crippen molar-refractivity contribution >= 4 is 119 Å². The number of hydrogen-bond donors (Lipinski definition) is 4. The van der Waals surface area contributed by atoms with E-state index < -0.39 is 46.2 Å². The van der Waals surface area contributed by atoms with Crippen molar-refractivity contribution in [3.63, 3.8) is 0 Å². The average Bonchev–Trinajstić information content (AvgIpc) is 3.75. The zero-order valence-corrected chi connectivity index (χ0v) is 42.1. The van der Waals surface area contributed by atoms with Crippen molar-refractivity contribution in [3.8, 4) is 17.3 Å². The third kappa shape index (κ3) is 12.2. The van der Waals surface area contributed by atoms with Gasteiger partial charge in [-0.1, -0.05) is 29.5 Å². The molecule has 0 aliphatic rings. The molecule has 0 fully saturated rings. The maximum absolute atomic E-state index is 12.9. The number of rotatable bonds is 18. The Labute approximate surface area is 416 Å². The van der Waals surface area contributed by atoms with E-state index in [1.165, 1.54) is 79.7 Å². The van der Waals surface area contributed by atoms with Crippen molar-refractivity contribution in [2.45, 2.75) is 34.3 Å². The molecule has 2 heterocycles. The first-order valence-electron chi connectivity index (χ1n) is 20.4. The van der Waals surface area contributed by atoms with Crippen LogP contribution in [0.4, 0.5) is 50.2 Å². The van der Waals surface area contributed by atoms with E-state index in [4.69, 9.17) is 4.18 Å². The van der Waals surface area contributed by atoms with Gasteiger partial charge in [0.2, 0.25) is 11.0 Å². The van der Waals surface area contributed by atoms with Gasteiger partial charge in [-0.3, -0.25) is 21.9 Å². The molecule has 23 nitrogen and oxygen atoms in total. The van der Waals surface area contributed by atoms with Crippen LogP contribution >= 0.6 is 11.3 Å². The van der Waals surface area contributed by atoms with E-state index in [1.54, 1.807) is 31.2 Å². The molecular formula is C44H38N10O13S5. The highest BCUT2D eigenvalue weighted by molar-refractivity contribution is 7.87. The summed E-state index contributed by atoms with van der Waals surface area (Å²) < 4.78 is 122. The van der Waals surface area contributed by atoms with Gasteiger partial charge in [0.1, 0.15) is 28.1 Å². The van der Waals surface area contributed by atoms with Crippen LogP contribution in [0.15, 0.2) is 138 Å². The highest BCUT2D eigenvalue weighted by Crippen LogP contribution is 2.43. The van der Waals surface area contributed by atoms with E-state index in [9.17, 15) is 48.3 Å². The van der Waals surface area contributed by atoms with Crippen LogP contribution in [-0.4, -0.2) is 75.4 Å². The first-order chi connectivity index (χ1) is 34.0. The molecule has 7 rings (SSSR count). The lowest BCUT2D eigenvalue weighted by Crippen LogP contribution is -2.07. The van der Waals surface area contributed by atoms with E-state index in [1.807, 2.05) is 0 Å². The van der Waals surface area contributed by atoms with E-state index >= 15 is 0 Å². The van der Waals surface area contributed by atoms with Crippen LogP contribution in [0.5, 0.6) is 0 Å². The summed E-state index contributed by atoms with van der Waals surface area (Å²) in [5.74, 6) is -1.13. The number of benzene rings is 5. The van der Waals surface area contributed by atoms with Crippen molar-refractivity contribution in [2.24, 2.45) is 20.5 Å². The number of pyridine rings is 1. The molecule has 0 spiro atoms. The maximum Gasteiger partial charge on any atom is 0.297 e. The zero-order valence-electron chi connectivity index (χ0n) is 38.0. The Balaban J connectivity index is 1.32. The standard InChI is InChI=1S/C44H38N10O13S5/c1-25-37(23-45)41(47-31-10-15-34(16-11-31)70(59,60)65-3)50-42(48-32-12-17-35(18-13-32)71(61,62)66-4)39(25)52-54-44-49-40(28-6-8-30(9-7-28)46-26(2)55)43(68-44)53-51-33-14-19-36-29(22-33)20-27(24-69(56,57)58)21-38(36)72(63,64)67-5/h6-22H,24H2,1-5H3,(H,46,55)(H2,47,48,50)(H,56,57,58). The topological polar surface area (TPSA) is 337 Å². The van der Waals surface area contributed by atoms with Gasteiger partial charge in [-0.15, -0.1) is 20.5 Å². The monoisotopic (exact) mass is 1070 g/mol. The first-order valence-corrected chi connectivity index (χ1v) is 27.0. The average molecular weight is 1080 g/mol. The highest BCUT2D eigenvalue weighted by atomic mass is 32.2. The molecule has 7 aromatic rings. The van der Waals surface area contributed by atoms with Gasteiger partial charge in [0.25, 0.3) is 40.5 Å². The number of aromatic nitrogens is 2. The third-order valence-electron chi connectivity index (χ3n) is 10.1. The summed E-state index contributed by atoms with van der Waals surface area (Å²) in [6.07, 6.45) is 0. The Kier molecular flexibility index (Phi) is 15.3. The Hall–Kier alpha value is -7.46. The number of thiazole rings is 1. The molecule has 0 radical (unpaired) electrons. The van der Waals surface area contributed by atoms with E-state index in [0.29, 0.717) is 22.6 Å². The molecule has 0 unspecified atom stereocenters. The SMILES string of the molecule is COS(=O)(=O)c1ccc(Nc2nc(Nc3ccc(S(=O)(=O)OC)cc3)c(N=Nc3nc(-c4ccc(NC(C)=O)cc4)c(N=Nc4ccc5c(S(=O)(=O)OC)cc(CS(=O)(=O)O)cc5c4)s3)c(C)c2C#N)cc1. The molecule has 28 heteroatoms. The van der Waals surface area contributed by atoms with Crippen LogP contribution in [0, 0.1) is 18.3 Å². The summed E-state index contributed by atoms with van der Waals surface area (Å²) in [6.45, 7) is 2.94. The van der Waals surface area contributed by atoms with Crippen LogP contribution in [-0.2, 0) is 63.6 Å². The predicted molar refractivity (Wildman–Crippen MR) is 265 cm³/mol. The molecule has 0 aliphatic carbocycles. The van der Waals surface area contributed by atoms with Crippen LogP contribution in [0.25, 0.3) is 22.0 Å². The second kappa shape index (κ2) is 21.1. The fourth-order valence-electron chi connectivity index (χ4n) is 6.75. The molecule has 4 N–H and O–H groups in total. The Morgan fingerprint density at radius 3 is 1.81 bits per heavy atom. The molecule has 72 heavy (non-hydrogen) atoms. The molecule has 0 saturated heterocycles. The molecule has 5 aromatic carbocycles. The first kappa shape index (κ1) is 52.4. The Morgan fingerprint density at radius 1 is 0.694 bits per heavy atom. The van der Waals surface area contributed by atoms with Crippen LogP contribution < -0.4 is 16.0 Å². The summed E-state index contributed by atoms with van der Waals surface area (Å²) in [7, 11) is -13.9. The molecule has 0 bridgehead atoms. The maximum atomic E-state index is 12.9. The number of carbonyl (C=O) groups is 1. The largest absolute Gasteiger partial charge is 0.339 e. The summed E-state index contributed by atoms with van der Waals surface area (Å²) in [6, 6.07) is 26.5. The summed E-state index contributed by atoms with van der Waals surface area (Å²) in [5, 5.41) is 37.6. The van der Waals surface area contributed by atoms with Crippen LogP contribution in [0.1, 0.15) is 23.6 Å². The zero-order chi connectivity index (χ0) is 52.2. The Morgan fingerprint density at radius 2 is 1.26 bits per heavy atom. The molecule has 0 saturated carbocycles. The van der Waals surface area contributed by atoms with Crippen molar-refractivity contribution in [2.75, 3.05) is 37.3 Å². The Bertz CT molecular complexity index is 3830. The minimum absolute atomic E-state index is 0.0191. The fraction of sp³-hybridized carbons (Fsp3) is 0.136.